The molecule has 1 aromatic rings. The van der Waals surface area contributed by atoms with Crippen LogP contribution < -0.4 is 5.32 Å². The summed E-state index contributed by atoms with van der Waals surface area (Å²) in [5.41, 5.74) is 1.76. The van der Waals surface area contributed by atoms with Crippen LogP contribution in [0.15, 0.2) is 6.20 Å². The molecule has 6 heteroatoms. The Kier molecular flexibility index (Phi) is 6.94. The summed E-state index contributed by atoms with van der Waals surface area (Å²) >= 11 is 0. The maximum Gasteiger partial charge on any atom is 0.257 e. The van der Waals surface area contributed by atoms with Crippen molar-refractivity contribution < 1.29 is 13.5 Å². The highest BCUT2D eigenvalue weighted by Crippen LogP contribution is 2.09. The van der Waals surface area contributed by atoms with E-state index in [1.807, 2.05) is 20.8 Å². The Morgan fingerprint density at radius 3 is 2.79 bits per heavy atom. The highest BCUT2D eigenvalue weighted by molar-refractivity contribution is 5.15. The minimum atomic E-state index is -2.37. The number of nitrogens with one attached hydrogen (secondary N) is 1. The van der Waals surface area contributed by atoms with Gasteiger partial charge in [-0.2, -0.15) is 5.10 Å². The molecule has 19 heavy (non-hydrogen) atoms. The third kappa shape index (κ3) is 6.11. The van der Waals surface area contributed by atoms with Crippen LogP contribution in [0, 0.1) is 6.92 Å². The maximum atomic E-state index is 12.3. The summed E-state index contributed by atoms with van der Waals surface area (Å²) in [7, 11) is 0. The van der Waals surface area contributed by atoms with Crippen LogP contribution in [0.5, 0.6) is 0 Å². The number of ether oxygens (including phenoxy) is 1. The third-order valence-electron chi connectivity index (χ3n) is 2.78. The van der Waals surface area contributed by atoms with E-state index in [0.29, 0.717) is 6.54 Å². The van der Waals surface area contributed by atoms with E-state index in [9.17, 15) is 8.78 Å². The number of nitrogens with zero attached hydrogens (tertiary/aromatic N) is 2. The van der Waals surface area contributed by atoms with Crippen molar-refractivity contribution in [2.45, 2.75) is 52.8 Å². The van der Waals surface area contributed by atoms with Gasteiger partial charge in [-0.05, 0) is 33.7 Å². The van der Waals surface area contributed by atoms with E-state index < -0.39 is 6.43 Å². The Balaban J connectivity index is 2.24. The Morgan fingerprint density at radius 2 is 2.16 bits per heavy atom. The van der Waals surface area contributed by atoms with Crippen LogP contribution >= 0.6 is 0 Å². The normalized spacial score (nSPS) is 11.7. The highest BCUT2D eigenvalue weighted by Gasteiger charge is 2.10. The number of hydrogen-bond donors (Lipinski definition) is 1. The predicted octanol–water partition coefficient (Wildman–Crippen LogP) is 2.36. The maximum absolute atomic E-state index is 12.3. The number of hydrogen-bond acceptors (Lipinski definition) is 3. The monoisotopic (exact) mass is 275 g/mol. The van der Waals surface area contributed by atoms with Gasteiger partial charge in [0.05, 0.1) is 12.3 Å². The van der Waals surface area contributed by atoms with Crippen molar-refractivity contribution in [1.82, 2.24) is 15.1 Å². The van der Waals surface area contributed by atoms with Crippen LogP contribution in [0.1, 0.15) is 31.5 Å². The fraction of sp³-hybridized carbons (Fsp3) is 0.769. The van der Waals surface area contributed by atoms with Gasteiger partial charge in [0.1, 0.15) is 6.54 Å². The molecule has 1 rings (SSSR count). The van der Waals surface area contributed by atoms with Gasteiger partial charge < -0.3 is 10.1 Å². The van der Waals surface area contributed by atoms with Gasteiger partial charge in [-0.25, -0.2) is 8.78 Å². The first-order valence-corrected chi connectivity index (χ1v) is 6.62. The zero-order valence-electron chi connectivity index (χ0n) is 11.8. The van der Waals surface area contributed by atoms with E-state index in [1.54, 1.807) is 6.20 Å². The second kappa shape index (κ2) is 8.22. The molecule has 0 bridgehead atoms. The molecule has 0 saturated carbocycles. The molecule has 0 aliphatic rings. The molecule has 110 valence electrons. The van der Waals surface area contributed by atoms with Gasteiger partial charge in [0, 0.05) is 24.4 Å². The van der Waals surface area contributed by atoms with E-state index in [2.05, 4.69) is 10.4 Å². The lowest BCUT2D eigenvalue weighted by Gasteiger charge is -2.08. The van der Waals surface area contributed by atoms with Crippen molar-refractivity contribution >= 4 is 0 Å². The van der Waals surface area contributed by atoms with Crippen molar-refractivity contribution in [3.05, 3.63) is 17.5 Å². The SMILES string of the molecule is Cc1c(CNCCCOC(C)C)cnn1CC(F)F. The Labute approximate surface area is 113 Å². The van der Waals surface area contributed by atoms with E-state index in [-0.39, 0.29) is 12.6 Å². The lowest BCUT2D eigenvalue weighted by atomic mass is 10.2. The molecule has 0 amide bonds. The largest absolute Gasteiger partial charge is 0.379 e. The fourth-order valence-corrected chi connectivity index (χ4v) is 1.71. The van der Waals surface area contributed by atoms with Crippen molar-refractivity contribution in [2.75, 3.05) is 13.2 Å². The Hall–Kier alpha value is -1.01. The summed E-state index contributed by atoms with van der Waals surface area (Å²) in [5.74, 6) is 0. The lowest BCUT2D eigenvalue weighted by Crippen LogP contribution is -2.18. The van der Waals surface area contributed by atoms with Crippen LogP contribution in [0.3, 0.4) is 0 Å². The number of alkyl halides is 2. The summed E-state index contributed by atoms with van der Waals surface area (Å²) in [6.45, 7) is 7.71. The minimum Gasteiger partial charge on any atom is -0.379 e. The number of aromatic nitrogens is 2. The van der Waals surface area contributed by atoms with Crippen molar-refractivity contribution in [1.29, 1.82) is 0 Å². The average Bonchev–Trinajstić information content (AvgIpc) is 2.65. The summed E-state index contributed by atoms with van der Waals surface area (Å²) < 4.78 is 31.3. The van der Waals surface area contributed by atoms with E-state index in [1.165, 1.54) is 4.68 Å². The van der Waals surface area contributed by atoms with Gasteiger partial charge in [0.15, 0.2) is 0 Å². The van der Waals surface area contributed by atoms with Crippen molar-refractivity contribution in [2.24, 2.45) is 0 Å². The van der Waals surface area contributed by atoms with E-state index in [0.717, 1.165) is 30.8 Å². The number of rotatable bonds is 9. The summed E-state index contributed by atoms with van der Waals surface area (Å²) in [6, 6.07) is 0. The molecule has 1 aromatic heterocycles. The lowest BCUT2D eigenvalue weighted by molar-refractivity contribution is 0.0770. The summed E-state index contributed by atoms with van der Waals surface area (Å²) in [5, 5.41) is 7.23. The smallest absolute Gasteiger partial charge is 0.257 e. The van der Waals surface area contributed by atoms with Crippen LogP contribution in [0.4, 0.5) is 8.78 Å². The molecule has 0 spiro atoms. The van der Waals surface area contributed by atoms with E-state index >= 15 is 0 Å². The first-order chi connectivity index (χ1) is 9.00. The van der Waals surface area contributed by atoms with Crippen LogP contribution in [-0.2, 0) is 17.8 Å². The van der Waals surface area contributed by atoms with Crippen LogP contribution in [0.25, 0.3) is 0 Å². The van der Waals surface area contributed by atoms with Gasteiger partial charge in [0.25, 0.3) is 6.43 Å². The molecule has 0 radical (unpaired) electrons. The molecule has 1 N–H and O–H groups in total. The Morgan fingerprint density at radius 1 is 1.42 bits per heavy atom. The molecule has 1 heterocycles. The molecule has 0 atom stereocenters. The molecular formula is C13H23F2N3O. The van der Waals surface area contributed by atoms with Crippen LogP contribution in [-0.4, -0.2) is 35.5 Å². The van der Waals surface area contributed by atoms with E-state index in [4.69, 9.17) is 4.74 Å². The molecule has 0 aliphatic heterocycles. The summed E-state index contributed by atoms with van der Waals surface area (Å²) in [6.07, 6.45) is 0.472. The standard InChI is InChI=1S/C13H23F2N3O/c1-10(2)19-6-4-5-16-7-12-8-17-18(11(12)3)9-13(14)15/h8,10,13,16H,4-7,9H2,1-3H3. The first kappa shape index (κ1) is 16.0. The van der Waals surface area contributed by atoms with Gasteiger partial charge >= 0.3 is 0 Å². The van der Waals surface area contributed by atoms with Gasteiger partial charge in [-0.3, -0.25) is 4.68 Å². The molecule has 0 aromatic carbocycles. The number of halogens is 2. The van der Waals surface area contributed by atoms with Crippen molar-refractivity contribution in [3.63, 3.8) is 0 Å². The summed E-state index contributed by atoms with van der Waals surface area (Å²) in [4.78, 5) is 0. The average molecular weight is 275 g/mol. The molecule has 0 fully saturated rings. The van der Waals surface area contributed by atoms with Crippen LogP contribution in [0.2, 0.25) is 0 Å². The molecule has 0 unspecified atom stereocenters. The third-order valence-corrected chi connectivity index (χ3v) is 2.78. The fourth-order valence-electron chi connectivity index (χ4n) is 1.71. The Bertz CT molecular complexity index is 367. The zero-order valence-corrected chi connectivity index (χ0v) is 11.8. The van der Waals surface area contributed by atoms with Gasteiger partial charge in [-0.15, -0.1) is 0 Å². The quantitative estimate of drug-likeness (QED) is 0.703. The molecular weight excluding hydrogens is 252 g/mol. The van der Waals surface area contributed by atoms with Gasteiger partial charge in [0.2, 0.25) is 0 Å². The second-order valence-electron chi connectivity index (χ2n) is 4.78. The van der Waals surface area contributed by atoms with Crippen molar-refractivity contribution in [3.8, 4) is 0 Å². The molecule has 4 nitrogen and oxygen atoms in total. The first-order valence-electron chi connectivity index (χ1n) is 6.62. The zero-order chi connectivity index (χ0) is 14.3. The molecule has 0 aliphatic carbocycles. The second-order valence-corrected chi connectivity index (χ2v) is 4.78. The highest BCUT2D eigenvalue weighted by atomic mass is 19.3. The molecule has 0 saturated heterocycles. The van der Waals surface area contributed by atoms with Gasteiger partial charge in [-0.1, -0.05) is 0 Å². The predicted molar refractivity (Wildman–Crippen MR) is 70.4 cm³/mol. The topological polar surface area (TPSA) is 39.1 Å². The minimum absolute atomic E-state index is 0.259.